The molecule has 5 aliphatic carbocycles. The van der Waals surface area contributed by atoms with Crippen molar-refractivity contribution < 1.29 is 29.6 Å². The number of aromatic hydroxyl groups is 1. The van der Waals surface area contributed by atoms with E-state index in [1.807, 2.05) is 0 Å². The first-order valence-electron chi connectivity index (χ1n) is 16.5. The zero-order valence-corrected chi connectivity index (χ0v) is 27.2. The first kappa shape index (κ1) is 30.7. The number of hydrogen-bond donors (Lipinski definition) is 3. The second-order valence-electron chi connectivity index (χ2n) is 17.2. The average Bonchev–Trinajstić information content (AvgIpc) is 2.91. The fourth-order valence-corrected chi connectivity index (χ4v) is 11.9. The quantitative estimate of drug-likeness (QED) is 0.245. The maximum absolute atomic E-state index is 13.2. The molecule has 3 N–H and O–H groups in total. The summed E-state index contributed by atoms with van der Waals surface area (Å²) in [5.41, 5.74) is 0.467. The number of fused-ring (bicyclic) bond motifs is 7. The minimum absolute atomic E-state index is 0.0750. The van der Waals surface area contributed by atoms with E-state index < -0.39 is 35.0 Å². The maximum Gasteiger partial charge on any atom is 0.338 e. The Balaban J connectivity index is 1.36. The number of aliphatic hydroxyl groups excluding tert-OH is 1. The van der Waals surface area contributed by atoms with Crippen molar-refractivity contribution in [2.24, 2.45) is 50.2 Å². The van der Waals surface area contributed by atoms with Crippen LogP contribution in [0.2, 0.25) is 0 Å². The van der Waals surface area contributed by atoms with Gasteiger partial charge in [-0.25, -0.2) is 4.79 Å². The van der Waals surface area contributed by atoms with Gasteiger partial charge in [-0.05, 0) is 127 Å². The van der Waals surface area contributed by atoms with Gasteiger partial charge in [-0.1, -0.05) is 60.1 Å². The number of carboxylic acids is 1. The van der Waals surface area contributed by atoms with Crippen LogP contribution in [0.15, 0.2) is 35.9 Å². The molecule has 6 nitrogen and oxygen atoms in total. The van der Waals surface area contributed by atoms with E-state index in [9.17, 15) is 24.9 Å². The number of aliphatic hydroxyl groups is 1. The molecule has 9 atom stereocenters. The third-order valence-corrected chi connectivity index (χ3v) is 14.0. The fourth-order valence-electron chi connectivity index (χ4n) is 11.9. The third-order valence-electron chi connectivity index (χ3n) is 14.0. The minimum Gasteiger partial charge on any atom is -0.508 e. The third kappa shape index (κ3) is 4.28. The summed E-state index contributed by atoms with van der Waals surface area (Å²) >= 11 is 0. The summed E-state index contributed by atoms with van der Waals surface area (Å²) in [6.45, 7) is 16.1. The van der Waals surface area contributed by atoms with Gasteiger partial charge in [-0.3, -0.25) is 4.79 Å². The SMILES string of the molecule is CC1(C)CC[C@]2(C(=O)O)CC=C3[C@]4(C)CC[C@H]5C(C)(C)[C@@H](O)[C@H](OC(=O)c6ccc(O)cc6)C[C@]5(C)[C@H]4CC[C@@]3(C)[C@H]2C1. The predicted molar refractivity (Wildman–Crippen MR) is 165 cm³/mol. The zero-order chi connectivity index (χ0) is 31.4. The highest BCUT2D eigenvalue weighted by atomic mass is 16.6. The molecule has 1 aromatic rings. The first-order valence-corrected chi connectivity index (χ1v) is 16.5. The number of carbonyl (C=O) groups excluding carboxylic acids is 1. The highest BCUT2D eigenvalue weighted by Gasteiger charge is 2.69. The van der Waals surface area contributed by atoms with E-state index in [0.717, 1.165) is 44.9 Å². The molecule has 0 aliphatic heterocycles. The molecule has 0 amide bonds. The molecule has 0 bridgehead atoms. The molecule has 43 heavy (non-hydrogen) atoms. The van der Waals surface area contributed by atoms with Gasteiger partial charge in [-0.15, -0.1) is 0 Å². The zero-order valence-electron chi connectivity index (χ0n) is 27.2. The van der Waals surface area contributed by atoms with Gasteiger partial charge in [0, 0.05) is 0 Å². The summed E-state index contributed by atoms with van der Waals surface area (Å²) in [6, 6.07) is 6.07. The molecular weight excluding hydrogens is 540 g/mol. The van der Waals surface area contributed by atoms with Crippen LogP contribution in [0.1, 0.15) is 117 Å². The number of allylic oxidation sites excluding steroid dienone is 2. The number of hydrogen-bond acceptors (Lipinski definition) is 5. The molecule has 0 heterocycles. The molecule has 0 saturated heterocycles. The largest absolute Gasteiger partial charge is 0.508 e. The fraction of sp³-hybridized carbons (Fsp3) is 0.730. The van der Waals surface area contributed by atoms with Crippen molar-refractivity contribution in [1.29, 1.82) is 0 Å². The number of ether oxygens (including phenoxy) is 1. The van der Waals surface area contributed by atoms with Crippen LogP contribution in [0.5, 0.6) is 5.75 Å². The second kappa shape index (κ2) is 9.58. The molecule has 5 aliphatic rings. The Hall–Kier alpha value is -2.34. The molecule has 236 valence electrons. The number of benzene rings is 1. The number of esters is 1. The molecule has 0 spiro atoms. The van der Waals surface area contributed by atoms with E-state index >= 15 is 0 Å². The molecular formula is C37H52O6. The normalized spacial score (nSPS) is 44.5. The van der Waals surface area contributed by atoms with Gasteiger partial charge in [-0.2, -0.15) is 0 Å². The van der Waals surface area contributed by atoms with Crippen LogP contribution in [-0.2, 0) is 9.53 Å². The molecule has 0 radical (unpaired) electrons. The molecule has 4 fully saturated rings. The number of aliphatic carboxylic acids is 1. The summed E-state index contributed by atoms with van der Waals surface area (Å²) in [6.07, 6.45) is 8.82. The van der Waals surface area contributed by atoms with Crippen LogP contribution in [0, 0.1) is 50.2 Å². The number of phenolic OH excluding ortho intramolecular Hbond substituents is 1. The Labute approximate surface area is 257 Å². The van der Waals surface area contributed by atoms with Crippen LogP contribution in [0.4, 0.5) is 0 Å². The Morgan fingerprint density at radius 1 is 0.814 bits per heavy atom. The lowest BCUT2D eigenvalue weighted by molar-refractivity contribution is -0.219. The number of rotatable bonds is 3. The molecule has 4 saturated carbocycles. The van der Waals surface area contributed by atoms with Crippen LogP contribution < -0.4 is 0 Å². The summed E-state index contributed by atoms with van der Waals surface area (Å²) < 4.78 is 6.10. The number of phenols is 1. The lowest BCUT2D eigenvalue weighted by Crippen LogP contribution is -2.66. The van der Waals surface area contributed by atoms with Gasteiger partial charge in [0.2, 0.25) is 0 Å². The number of carboxylic acid groups (broad SMARTS) is 1. The summed E-state index contributed by atoms with van der Waals surface area (Å²) in [7, 11) is 0. The van der Waals surface area contributed by atoms with Crippen LogP contribution in [0.3, 0.4) is 0 Å². The van der Waals surface area contributed by atoms with E-state index in [1.54, 1.807) is 12.1 Å². The van der Waals surface area contributed by atoms with E-state index in [2.05, 4.69) is 54.5 Å². The Kier molecular flexibility index (Phi) is 6.83. The van der Waals surface area contributed by atoms with Gasteiger partial charge in [0.1, 0.15) is 11.9 Å². The van der Waals surface area contributed by atoms with Gasteiger partial charge in [0.15, 0.2) is 0 Å². The molecule has 6 heteroatoms. The van der Waals surface area contributed by atoms with E-state index in [-0.39, 0.29) is 39.2 Å². The van der Waals surface area contributed by atoms with Gasteiger partial charge >= 0.3 is 11.9 Å². The Morgan fingerprint density at radius 2 is 1.42 bits per heavy atom. The standard InChI is InChI=1S/C37H52O6/c1-32(2)18-19-37(31(41)42)17-14-26-34(5)15-12-25-33(3,4)29(39)24(43-30(40)22-8-10-23(38)11-9-22)20-36(25,7)27(34)13-16-35(26,6)28(37)21-32/h8-11,14,24-25,27-29,38-39H,12-13,15-21H2,1-7H3,(H,41,42)/t24-,25+,27+,28-,29+,34+,35-,36+,37-/m1/s1. The highest BCUT2D eigenvalue weighted by molar-refractivity contribution is 5.89. The monoisotopic (exact) mass is 592 g/mol. The molecule has 1 aromatic carbocycles. The minimum atomic E-state index is -0.778. The Morgan fingerprint density at radius 3 is 2.05 bits per heavy atom. The first-order chi connectivity index (χ1) is 19.9. The Bertz CT molecular complexity index is 1340. The van der Waals surface area contributed by atoms with Crippen molar-refractivity contribution in [3.8, 4) is 5.75 Å². The lowest BCUT2D eigenvalue weighted by Gasteiger charge is -2.70. The highest BCUT2D eigenvalue weighted by Crippen LogP contribution is 2.75. The van der Waals surface area contributed by atoms with Gasteiger partial charge < -0.3 is 20.1 Å². The molecule has 0 aromatic heterocycles. The number of carbonyl (C=O) groups is 2. The van der Waals surface area contributed by atoms with Crippen molar-refractivity contribution in [3.63, 3.8) is 0 Å². The van der Waals surface area contributed by atoms with Crippen LogP contribution in [0.25, 0.3) is 0 Å². The van der Waals surface area contributed by atoms with Crippen molar-refractivity contribution >= 4 is 11.9 Å². The van der Waals surface area contributed by atoms with E-state index in [0.29, 0.717) is 24.3 Å². The maximum atomic E-state index is 13.2. The van der Waals surface area contributed by atoms with E-state index in [4.69, 9.17) is 4.74 Å². The van der Waals surface area contributed by atoms with E-state index in [1.165, 1.54) is 17.7 Å². The second-order valence-corrected chi connectivity index (χ2v) is 17.2. The van der Waals surface area contributed by atoms with Crippen molar-refractivity contribution in [2.75, 3.05) is 0 Å². The summed E-state index contributed by atoms with van der Waals surface area (Å²) in [5, 5.41) is 32.0. The predicted octanol–water partition coefficient (Wildman–Crippen LogP) is 7.77. The van der Waals surface area contributed by atoms with Crippen molar-refractivity contribution in [3.05, 3.63) is 41.5 Å². The molecule has 6 rings (SSSR count). The summed E-state index contributed by atoms with van der Waals surface area (Å²) in [4.78, 5) is 26.2. The summed E-state index contributed by atoms with van der Waals surface area (Å²) in [5.74, 6) is -0.268. The van der Waals surface area contributed by atoms with Gasteiger partial charge in [0.25, 0.3) is 0 Å². The average molecular weight is 593 g/mol. The van der Waals surface area contributed by atoms with Gasteiger partial charge in [0.05, 0.1) is 17.1 Å². The van der Waals surface area contributed by atoms with Crippen molar-refractivity contribution in [1.82, 2.24) is 0 Å². The lowest BCUT2D eigenvalue weighted by atomic mass is 9.34. The van der Waals surface area contributed by atoms with Crippen LogP contribution >= 0.6 is 0 Å². The van der Waals surface area contributed by atoms with Crippen LogP contribution in [-0.4, -0.2) is 39.5 Å². The topological polar surface area (TPSA) is 104 Å². The van der Waals surface area contributed by atoms with Crippen molar-refractivity contribution in [2.45, 2.75) is 118 Å². The smallest absolute Gasteiger partial charge is 0.338 e. The molecule has 0 unspecified atom stereocenters.